The molecule has 170 valence electrons. The fourth-order valence-corrected chi connectivity index (χ4v) is 5.31. The van der Waals surface area contributed by atoms with Crippen LogP contribution in [-0.4, -0.2) is 84.9 Å². The zero-order valence-electron chi connectivity index (χ0n) is 18.8. The molecule has 6 nitrogen and oxygen atoms in total. The third kappa shape index (κ3) is 6.30. The minimum absolute atomic E-state index is 0.00756. The van der Waals surface area contributed by atoms with Gasteiger partial charge >= 0.3 is 0 Å². The predicted molar refractivity (Wildman–Crippen MR) is 123 cm³/mol. The third-order valence-electron chi connectivity index (χ3n) is 7.36. The van der Waals surface area contributed by atoms with E-state index in [0.29, 0.717) is 13.0 Å². The summed E-state index contributed by atoms with van der Waals surface area (Å²) >= 11 is 0. The van der Waals surface area contributed by atoms with Crippen molar-refractivity contribution in [2.75, 3.05) is 52.4 Å². The smallest absolute Gasteiger partial charge is 0.237 e. The number of nitrogens with zero attached hydrogens (tertiary/aromatic N) is 3. The molecule has 1 unspecified atom stereocenters. The van der Waals surface area contributed by atoms with E-state index in [1.54, 1.807) is 0 Å². The van der Waals surface area contributed by atoms with Gasteiger partial charge in [0.1, 0.15) is 0 Å². The van der Waals surface area contributed by atoms with Gasteiger partial charge in [0.2, 0.25) is 11.8 Å². The summed E-state index contributed by atoms with van der Waals surface area (Å²) in [7, 11) is 0. The maximum atomic E-state index is 13.0. The van der Waals surface area contributed by atoms with Crippen molar-refractivity contribution in [2.24, 2.45) is 5.92 Å². The van der Waals surface area contributed by atoms with Gasteiger partial charge in [-0.1, -0.05) is 30.3 Å². The van der Waals surface area contributed by atoms with Crippen molar-refractivity contribution < 1.29 is 9.59 Å². The summed E-state index contributed by atoms with van der Waals surface area (Å²) in [4.78, 5) is 32.4. The Hall–Kier alpha value is -1.92. The molecule has 1 atom stereocenters. The summed E-state index contributed by atoms with van der Waals surface area (Å²) in [6, 6.07) is 10.0. The molecule has 0 aliphatic carbocycles. The lowest BCUT2D eigenvalue weighted by molar-refractivity contribution is -0.139. The summed E-state index contributed by atoms with van der Waals surface area (Å²) in [5.74, 6) is 0.892. The highest BCUT2D eigenvalue weighted by atomic mass is 16.2. The van der Waals surface area contributed by atoms with E-state index in [-0.39, 0.29) is 17.9 Å². The number of nitrogens with one attached hydrogen (secondary N) is 1. The number of amides is 2. The third-order valence-corrected chi connectivity index (χ3v) is 7.36. The first-order valence-corrected chi connectivity index (χ1v) is 12.2. The van der Waals surface area contributed by atoms with E-state index in [9.17, 15) is 9.59 Å². The van der Waals surface area contributed by atoms with E-state index < -0.39 is 0 Å². The van der Waals surface area contributed by atoms with Crippen LogP contribution in [0, 0.1) is 5.92 Å². The van der Waals surface area contributed by atoms with Gasteiger partial charge in [0, 0.05) is 32.7 Å². The molecule has 0 bridgehead atoms. The molecular weight excluding hydrogens is 388 g/mol. The number of piperidine rings is 1. The van der Waals surface area contributed by atoms with Gasteiger partial charge in [-0.25, -0.2) is 0 Å². The molecule has 1 aromatic carbocycles. The standard InChI is InChI=1S/C25H38N4O2/c30-24(29-17-10-22(11-18-29)8-15-27-13-4-5-14-27)20-23-25(31)26-12-19-28(23)16-9-21-6-2-1-3-7-21/h1-3,6-7,22-23H,4-5,8-20H2,(H,26,31). The van der Waals surface area contributed by atoms with Crippen LogP contribution in [0.25, 0.3) is 0 Å². The van der Waals surface area contributed by atoms with Crippen LogP contribution in [0.15, 0.2) is 30.3 Å². The second kappa shape index (κ2) is 11.1. The number of hydrogen-bond acceptors (Lipinski definition) is 4. The zero-order valence-corrected chi connectivity index (χ0v) is 18.8. The molecule has 0 saturated carbocycles. The topological polar surface area (TPSA) is 55.9 Å². The first-order chi connectivity index (χ1) is 15.2. The van der Waals surface area contributed by atoms with Crippen molar-refractivity contribution in [2.45, 2.75) is 51.0 Å². The number of hydrogen-bond donors (Lipinski definition) is 1. The zero-order chi connectivity index (χ0) is 21.5. The monoisotopic (exact) mass is 426 g/mol. The van der Waals surface area contributed by atoms with Crippen molar-refractivity contribution in [3.05, 3.63) is 35.9 Å². The van der Waals surface area contributed by atoms with Crippen LogP contribution in [0.3, 0.4) is 0 Å². The van der Waals surface area contributed by atoms with E-state index in [2.05, 4.69) is 27.2 Å². The van der Waals surface area contributed by atoms with Crippen molar-refractivity contribution in [1.29, 1.82) is 0 Å². The molecule has 3 heterocycles. The summed E-state index contributed by atoms with van der Waals surface area (Å²) in [5.41, 5.74) is 1.27. The van der Waals surface area contributed by atoms with Gasteiger partial charge in [-0.15, -0.1) is 0 Å². The fourth-order valence-electron chi connectivity index (χ4n) is 5.31. The van der Waals surface area contributed by atoms with Crippen LogP contribution in [-0.2, 0) is 16.0 Å². The van der Waals surface area contributed by atoms with Crippen LogP contribution in [0.5, 0.6) is 0 Å². The van der Waals surface area contributed by atoms with Crippen LogP contribution >= 0.6 is 0 Å². The number of benzene rings is 1. The number of carbonyl (C=O) groups excluding carboxylic acids is 2. The average molecular weight is 427 g/mol. The quantitative estimate of drug-likeness (QED) is 0.692. The minimum atomic E-state index is -0.335. The number of rotatable bonds is 8. The highest BCUT2D eigenvalue weighted by Crippen LogP contribution is 2.23. The Kier molecular flexibility index (Phi) is 7.97. The Morgan fingerprint density at radius 1 is 0.968 bits per heavy atom. The molecule has 3 aliphatic rings. The molecule has 6 heteroatoms. The number of carbonyl (C=O) groups is 2. The van der Waals surface area contributed by atoms with Gasteiger partial charge in [0.05, 0.1) is 12.5 Å². The highest BCUT2D eigenvalue weighted by molar-refractivity contribution is 5.88. The largest absolute Gasteiger partial charge is 0.353 e. The fraction of sp³-hybridized carbons (Fsp3) is 0.680. The van der Waals surface area contributed by atoms with E-state index in [1.165, 1.54) is 44.5 Å². The second-order valence-corrected chi connectivity index (χ2v) is 9.44. The Morgan fingerprint density at radius 3 is 2.45 bits per heavy atom. The lowest BCUT2D eigenvalue weighted by atomic mass is 9.93. The average Bonchev–Trinajstić information content (AvgIpc) is 3.33. The lowest BCUT2D eigenvalue weighted by Gasteiger charge is -2.37. The van der Waals surface area contributed by atoms with Crippen molar-refractivity contribution >= 4 is 11.8 Å². The van der Waals surface area contributed by atoms with Gasteiger partial charge in [-0.2, -0.15) is 0 Å². The molecule has 3 fully saturated rings. The van der Waals surface area contributed by atoms with E-state index >= 15 is 0 Å². The van der Waals surface area contributed by atoms with Gasteiger partial charge in [-0.05, 0) is 69.6 Å². The maximum absolute atomic E-state index is 13.0. The first-order valence-electron chi connectivity index (χ1n) is 12.2. The summed E-state index contributed by atoms with van der Waals surface area (Å²) in [6.07, 6.45) is 7.39. The molecule has 31 heavy (non-hydrogen) atoms. The van der Waals surface area contributed by atoms with Gasteiger partial charge in [0.15, 0.2) is 0 Å². The van der Waals surface area contributed by atoms with E-state index in [1.807, 2.05) is 23.1 Å². The lowest BCUT2D eigenvalue weighted by Crippen LogP contribution is -2.57. The Bertz CT molecular complexity index is 711. The number of piperazine rings is 1. The Labute approximate surface area is 187 Å². The van der Waals surface area contributed by atoms with Crippen LogP contribution in [0.1, 0.15) is 44.1 Å². The first kappa shape index (κ1) is 22.3. The summed E-state index contributed by atoms with van der Waals surface area (Å²) in [5, 5.41) is 2.96. The van der Waals surface area contributed by atoms with Gasteiger partial charge in [-0.3, -0.25) is 14.5 Å². The minimum Gasteiger partial charge on any atom is -0.353 e. The molecule has 0 aromatic heterocycles. The summed E-state index contributed by atoms with van der Waals surface area (Å²) in [6.45, 7) is 7.74. The Morgan fingerprint density at radius 2 is 1.71 bits per heavy atom. The van der Waals surface area contributed by atoms with Crippen molar-refractivity contribution in [3.8, 4) is 0 Å². The van der Waals surface area contributed by atoms with E-state index in [4.69, 9.17) is 0 Å². The molecule has 3 saturated heterocycles. The van der Waals surface area contributed by atoms with E-state index in [0.717, 1.165) is 51.4 Å². The molecule has 4 rings (SSSR count). The molecule has 1 N–H and O–H groups in total. The van der Waals surface area contributed by atoms with Crippen molar-refractivity contribution in [1.82, 2.24) is 20.0 Å². The van der Waals surface area contributed by atoms with Gasteiger partial charge in [0.25, 0.3) is 0 Å². The Balaban J connectivity index is 1.23. The maximum Gasteiger partial charge on any atom is 0.237 e. The molecule has 0 radical (unpaired) electrons. The SMILES string of the molecule is O=C1NCCN(CCc2ccccc2)C1CC(=O)N1CCC(CCN2CCCC2)CC1. The summed E-state index contributed by atoms with van der Waals surface area (Å²) < 4.78 is 0. The molecule has 1 aromatic rings. The van der Waals surface area contributed by atoms with Crippen LogP contribution < -0.4 is 5.32 Å². The normalized spacial score (nSPS) is 23.8. The van der Waals surface area contributed by atoms with Crippen LogP contribution in [0.2, 0.25) is 0 Å². The highest BCUT2D eigenvalue weighted by Gasteiger charge is 2.33. The molecule has 0 spiro atoms. The van der Waals surface area contributed by atoms with Crippen molar-refractivity contribution in [3.63, 3.8) is 0 Å². The second-order valence-electron chi connectivity index (χ2n) is 9.44. The number of likely N-dealkylation sites (tertiary alicyclic amines) is 2. The molecule has 2 amide bonds. The van der Waals surface area contributed by atoms with Crippen LogP contribution in [0.4, 0.5) is 0 Å². The molecule has 3 aliphatic heterocycles. The molecular formula is C25H38N4O2. The predicted octanol–water partition coefficient (Wildman–Crippen LogP) is 2.14. The van der Waals surface area contributed by atoms with Gasteiger partial charge < -0.3 is 15.1 Å².